The van der Waals surface area contributed by atoms with Crippen molar-refractivity contribution in [3.63, 3.8) is 0 Å². The lowest BCUT2D eigenvalue weighted by Crippen LogP contribution is -2.13. The summed E-state index contributed by atoms with van der Waals surface area (Å²) in [6.45, 7) is 9.43. The van der Waals surface area contributed by atoms with Gasteiger partial charge in [0.2, 0.25) is 0 Å². The van der Waals surface area contributed by atoms with E-state index in [1.165, 1.54) is 11.1 Å². The molecule has 3 rings (SSSR count). The number of anilines is 1. The summed E-state index contributed by atoms with van der Waals surface area (Å²) in [6.07, 6.45) is 0. The van der Waals surface area contributed by atoms with Crippen molar-refractivity contribution < 1.29 is 19.0 Å². The van der Waals surface area contributed by atoms with Crippen LogP contribution in [0.1, 0.15) is 40.9 Å². The highest BCUT2D eigenvalue weighted by Crippen LogP contribution is 2.25. The molecule has 0 saturated heterocycles. The molecule has 3 aromatic rings. The molecular weight excluding hydrogens is 390 g/mol. The molecule has 0 saturated carbocycles. The van der Waals surface area contributed by atoms with Gasteiger partial charge in [0.1, 0.15) is 23.9 Å². The van der Waals surface area contributed by atoms with Gasteiger partial charge >= 0.3 is 0 Å². The van der Waals surface area contributed by atoms with Crippen LogP contribution < -0.4 is 19.5 Å². The molecule has 31 heavy (non-hydrogen) atoms. The van der Waals surface area contributed by atoms with E-state index in [9.17, 15) is 4.79 Å². The first-order valence-corrected chi connectivity index (χ1v) is 10.5. The molecule has 162 valence electrons. The smallest absolute Gasteiger partial charge is 0.255 e. The predicted molar refractivity (Wildman–Crippen MR) is 123 cm³/mol. The molecule has 0 fully saturated rings. The van der Waals surface area contributed by atoms with E-state index in [0.29, 0.717) is 36.8 Å². The van der Waals surface area contributed by atoms with Gasteiger partial charge in [-0.25, -0.2) is 0 Å². The van der Waals surface area contributed by atoms with E-state index in [0.717, 1.165) is 17.1 Å². The Hall–Kier alpha value is -3.47. The highest BCUT2D eigenvalue weighted by Gasteiger charge is 2.12. The lowest BCUT2D eigenvalue weighted by Gasteiger charge is -2.14. The number of hydrogen-bond donors (Lipinski definition) is 1. The molecule has 0 aliphatic carbocycles. The summed E-state index contributed by atoms with van der Waals surface area (Å²) in [7, 11) is 0. The van der Waals surface area contributed by atoms with Gasteiger partial charge in [-0.2, -0.15) is 0 Å². The Balaban J connectivity index is 1.74. The van der Waals surface area contributed by atoms with Crippen LogP contribution in [0, 0.1) is 13.8 Å². The number of ether oxygens (including phenoxy) is 3. The molecule has 0 bridgehead atoms. The van der Waals surface area contributed by atoms with E-state index < -0.39 is 0 Å². The Labute approximate surface area is 184 Å². The quantitative estimate of drug-likeness (QED) is 0.467. The summed E-state index contributed by atoms with van der Waals surface area (Å²) < 4.78 is 17.1. The van der Waals surface area contributed by atoms with Crippen LogP contribution in [0.25, 0.3) is 0 Å². The van der Waals surface area contributed by atoms with Gasteiger partial charge in [-0.3, -0.25) is 4.79 Å². The summed E-state index contributed by atoms with van der Waals surface area (Å²) in [5.41, 5.74) is 4.45. The van der Waals surface area contributed by atoms with E-state index in [1.807, 2.05) is 68.4 Å². The molecule has 1 amide bonds. The monoisotopic (exact) mass is 419 g/mol. The lowest BCUT2D eigenvalue weighted by molar-refractivity contribution is 0.102. The molecule has 0 heterocycles. The molecule has 0 atom stereocenters. The molecular formula is C26H29NO4. The highest BCUT2D eigenvalue weighted by molar-refractivity contribution is 6.04. The van der Waals surface area contributed by atoms with Crippen LogP contribution >= 0.6 is 0 Å². The first-order valence-electron chi connectivity index (χ1n) is 10.5. The number of nitrogens with one attached hydrogen (secondary N) is 1. The SMILES string of the molecule is CCOc1ccc(NC(=O)c2ccc(OCC)c(COc3ccc(C)c(C)c3)c2)cc1. The number of benzene rings is 3. The number of aryl methyl sites for hydroxylation is 2. The van der Waals surface area contributed by atoms with Crippen molar-refractivity contribution in [3.8, 4) is 17.2 Å². The van der Waals surface area contributed by atoms with E-state index in [1.54, 1.807) is 6.07 Å². The van der Waals surface area contributed by atoms with E-state index in [2.05, 4.69) is 19.2 Å². The largest absolute Gasteiger partial charge is 0.494 e. The molecule has 5 nitrogen and oxygen atoms in total. The van der Waals surface area contributed by atoms with Gasteiger partial charge in [0.05, 0.1) is 13.2 Å². The fourth-order valence-electron chi connectivity index (χ4n) is 3.10. The topological polar surface area (TPSA) is 56.8 Å². The van der Waals surface area contributed by atoms with Gasteiger partial charge < -0.3 is 19.5 Å². The van der Waals surface area contributed by atoms with Crippen LogP contribution in [0.3, 0.4) is 0 Å². The van der Waals surface area contributed by atoms with Gasteiger partial charge in [-0.15, -0.1) is 0 Å². The van der Waals surface area contributed by atoms with Gasteiger partial charge in [-0.1, -0.05) is 6.07 Å². The number of carbonyl (C=O) groups excluding carboxylic acids is 1. The minimum absolute atomic E-state index is 0.195. The zero-order valence-electron chi connectivity index (χ0n) is 18.5. The second kappa shape index (κ2) is 10.5. The van der Waals surface area contributed by atoms with Crippen LogP contribution in [0.5, 0.6) is 17.2 Å². The lowest BCUT2D eigenvalue weighted by atomic mass is 10.1. The standard InChI is InChI=1S/C26H29NO4/c1-5-29-23-12-9-22(10-13-23)27-26(28)20-8-14-25(30-6-2)21(16-20)17-31-24-11-7-18(3)19(4)15-24/h7-16H,5-6,17H2,1-4H3,(H,27,28). The molecule has 0 aromatic heterocycles. The Morgan fingerprint density at radius 2 is 1.48 bits per heavy atom. The van der Waals surface area contributed by atoms with Crippen molar-refractivity contribution in [1.82, 2.24) is 0 Å². The van der Waals surface area contributed by atoms with E-state index in [4.69, 9.17) is 14.2 Å². The third kappa shape index (κ3) is 6.01. The van der Waals surface area contributed by atoms with Crippen LogP contribution in [-0.4, -0.2) is 19.1 Å². The van der Waals surface area contributed by atoms with Crippen LogP contribution in [0.4, 0.5) is 5.69 Å². The molecule has 1 N–H and O–H groups in total. The Morgan fingerprint density at radius 3 is 2.16 bits per heavy atom. The molecule has 0 spiro atoms. The number of carbonyl (C=O) groups is 1. The zero-order valence-corrected chi connectivity index (χ0v) is 18.5. The summed E-state index contributed by atoms with van der Waals surface area (Å²) in [5.74, 6) is 2.07. The molecule has 3 aromatic carbocycles. The molecule has 0 unspecified atom stereocenters. The first-order chi connectivity index (χ1) is 15.0. The first kappa shape index (κ1) is 22.2. The van der Waals surface area contributed by atoms with Crippen molar-refractivity contribution in [2.24, 2.45) is 0 Å². The van der Waals surface area contributed by atoms with Crippen molar-refractivity contribution in [2.75, 3.05) is 18.5 Å². The van der Waals surface area contributed by atoms with E-state index >= 15 is 0 Å². The third-order valence-corrected chi connectivity index (χ3v) is 4.92. The maximum Gasteiger partial charge on any atom is 0.255 e. The van der Waals surface area contributed by atoms with Crippen LogP contribution in [-0.2, 0) is 6.61 Å². The maximum absolute atomic E-state index is 12.8. The average molecular weight is 420 g/mol. The van der Waals surface area contributed by atoms with Crippen molar-refractivity contribution >= 4 is 11.6 Å². The van der Waals surface area contributed by atoms with Crippen molar-refractivity contribution in [1.29, 1.82) is 0 Å². The Bertz CT molecular complexity index is 1030. The fourth-order valence-corrected chi connectivity index (χ4v) is 3.10. The summed E-state index contributed by atoms with van der Waals surface area (Å²) >= 11 is 0. The number of rotatable bonds is 9. The van der Waals surface area contributed by atoms with Crippen LogP contribution in [0.2, 0.25) is 0 Å². The summed E-state index contributed by atoms with van der Waals surface area (Å²) in [4.78, 5) is 12.8. The second-order valence-electron chi connectivity index (χ2n) is 7.20. The van der Waals surface area contributed by atoms with Gasteiger partial charge in [0.25, 0.3) is 5.91 Å². The summed E-state index contributed by atoms with van der Waals surface area (Å²) in [6, 6.07) is 18.7. The van der Waals surface area contributed by atoms with Gasteiger partial charge in [-0.05, 0) is 93.4 Å². The molecule has 5 heteroatoms. The number of amides is 1. The maximum atomic E-state index is 12.8. The normalized spacial score (nSPS) is 10.5. The minimum atomic E-state index is -0.195. The Kier molecular flexibility index (Phi) is 7.55. The van der Waals surface area contributed by atoms with Gasteiger partial charge in [0.15, 0.2) is 0 Å². The zero-order chi connectivity index (χ0) is 22.2. The van der Waals surface area contributed by atoms with Crippen LogP contribution in [0.15, 0.2) is 60.7 Å². The van der Waals surface area contributed by atoms with Crippen molar-refractivity contribution in [3.05, 3.63) is 82.9 Å². The molecule has 0 aliphatic heterocycles. The third-order valence-electron chi connectivity index (χ3n) is 4.92. The minimum Gasteiger partial charge on any atom is -0.494 e. The fraction of sp³-hybridized carbons (Fsp3) is 0.269. The summed E-state index contributed by atoms with van der Waals surface area (Å²) in [5, 5.41) is 2.92. The molecule has 0 radical (unpaired) electrons. The van der Waals surface area contributed by atoms with Crippen molar-refractivity contribution in [2.45, 2.75) is 34.3 Å². The average Bonchev–Trinajstić information content (AvgIpc) is 2.77. The highest BCUT2D eigenvalue weighted by atomic mass is 16.5. The van der Waals surface area contributed by atoms with Gasteiger partial charge in [0, 0.05) is 16.8 Å². The predicted octanol–water partition coefficient (Wildman–Crippen LogP) is 5.93. The molecule has 0 aliphatic rings. The Morgan fingerprint density at radius 1 is 0.774 bits per heavy atom. The second-order valence-corrected chi connectivity index (χ2v) is 7.20. The van der Waals surface area contributed by atoms with E-state index in [-0.39, 0.29) is 5.91 Å². The number of hydrogen-bond acceptors (Lipinski definition) is 4.